The minimum Gasteiger partial charge on any atom is -0.201 e. The molecule has 152 valence electrons. The highest BCUT2D eigenvalue weighted by Gasteiger charge is 2.37. The molecule has 0 atom stereocenters. The van der Waals surface area contributed by atoms with E-state index in [1.807, 2.05) is 0 Å². The summed E-state index contributed by atoms with van der Waals surface area (Å²) in [6, 6.07) is 9.50. The number of hydrogen-bond acceptors (Lipinski definition) is 0. The van der Waals surface area contributed by atoms with E-state index < -0.39 is 0 Å². The maximum Gasteiger partial charge on any atom is 0.212 e. The first-order chi connectivity index (χ1) is 12.8. The van der Waals surface area contributed by atoms with Crippen LogP contribution < -0.4 is 4.57 Å². The van der Waals surface area contributed by atoms with Crippen molar-refractivity contribution >= 4 is 0 Å². The summed E-state index contributed by atoms with van der Waals surface area (Å²) in [6.45, 7) is 18.7. The fraction of sp³-hybridized carbons (Fsp3) is 0.593. The third-order valence-corrected chi connectivity index (χ3v) is 6.81. The quantitative estimate of drug-likeness (QED) is 0.500. The molecule has 0 saturated heterocycles. The molecular formula is C27H40N+. The molecule has 1 heteroatoms. The SMILES string of the molecule is Cc1cc(C(C)(C)C)ccc1-c1cc(C(C)(C)C)c(C2(C)CCCC2)c[n+]1C. The Morgan fingerprint density at radius 2 is 1.50 bits per heavy atom. The van der Waals surface area contributed by atoms with E-state index in [1.165, 1.54) is 53.6 Å². The van der Waals surface area contributed by atoms with Crippen LogP contribution in [0.1, 0.15) is 96.4 Å². The Labute approximate surface area is 173 Å². The summed E-state index contributed by atoms with van der Waals surface area (Å²) < 4.78 is 2.37. The van der Waals surface area contributed by atoms with Crippen molar-refractivity contribution in [3.8, 4) is 11.3 Å². The molecule has 1 aliphatic rings. The standard InChI is InChI=1S/C27H40N/c1-19-16-20(25(2,3)4)12-13-21(19)24-17-22(26(5,6)7)23(18-28(24)9)27(8)14-10-11-15-27/h12-13,16-18H,10-11,14-15H2,1-9H3/q+1. The number of aryl methyl sites for hydroxylation is 2. The van der Waals surface area contributed by atoms with Gasteiger partial charge in [-0.15, -0.1) is 0 Å². The van der Waals surface area contributed by atoms with E-state index in [-0.39, 0.29) is 10.8 Å². The summed E-state index contributed by atoms with van der Waals surface area (Å²) in [5.74, 6) is 0. The molecule has 0 aliphatic heterocycles. The van der Waals surface area contributed by atoms with Crippen LogP contribution in [0.5, 0.6) is 0 Å². The molecule has 1 saturated carbocycles. The fourth-order valence-electron chi connectivity index (χ4n) is 4.86. The van der Waals surface area contributed by atoms with E-state index in [0.717, 1.165) is 0 Å². The number of hydrogen-bond donors (Lipinski definition) is 0. The van der Waals surface area contributed by atoms with Crippen molar-refractivity contribution in [1.29, 1.82) is 0 Å². The first kappa shape index (κ1) is 21.1. The molecule has 1 aromatic carbocycles. The molecule has 0 bridgehead atoms. The highest BCUT2D eigenvalue weighted by molar-refractivity contribution is 5.63. The topological polar surface area (TPSA) is 3.88 Å². The first-order valence-electron chi connectivity index (χ1n) is 11.0. The van der Waals surface area contributed by atoms with Gasteiger partial charge in [-0.1, -0.05) is 73.4 Å². The molecule has 0 N–H and O–H groups in total. The summed E-state index contributed by atoms with van der Waals surface area (Å²) in [4.78, 5) is 0. The van der Waals surface area contributed by atoms with Gasteiger partial charge in [0.2, 0.25) is 5.69 Å². The van der Waals surface area contributed by atoms with Crippen LogP contribution in [0.3, 0.4) is 0 Å². The second kappa shape index (κ2) is 7.01. The van der Waals surface area contributed by atoms with Gasteiger partial charge < -0.3 is 0 Å². The second-order valence-electron chi connectivity index (χ2n) is 11.4. The van der Waals surface area contributed by atoms with Crippen LogP contribution in [0, 0.1) is 6.92 Å². The smallest absolute Gasteiger partial charge is 0.201 e. The van der Waals surface area contributed by atoms with E-state index in [0.29, 0.717) is 5.41 Å². The zero-order valence-electron chi connectivity index (χ0n) is 19.7. The lowest BCUT2D eigenvalue weighted by atomic mass is 9.73. The zero-order valence-corrected chi connectivity index (χ0v) is 19.7. The Balaban J connectivity index is 2.18. The summed E-state index contributed by atoms with van der Waals surface area (Å²) in [6.07, 6.45) is 7.79. The Morgan fingerprint density at radius 1 is 0.893 bits per heavy atom. The van der Waals surface area contributed by atoms with Gasteiger partial charge in [0, 0.05) is 17.2 Å². The number of pyridine rings is 1. The highest BCUT2D eigenvalue weighted by atomic mass is 14.9. The van der Waals surface area contributed by atoms with Crippen LogP contribution in [0.25, 0.3) is 11.3 Å². The zero-order chi connectivity index (χ0) is 20.9. The number of nitrogens with zero attached hydrogens (tertiary/aromatic N) is 1. The number of rotatable bonds is 2. The van der Waals surface area contributed by atoms with Gasteiger partial charge in [0.25, 0.3) is 0 Å². The molecule has 2 aromatic rings. The predicted octanol–water partition coefficient (Wildman–Crippen LogP) is 6.91. The van der Waals surface area contributed by atoms with Gasteiger partial charge in [-0.2, -0.15) is 0 Å². The van der Waals surface area contributed by atoms with Crippen molar-refractivity contribution in [1.82, 2.24) is 0 Å². The van der Waals surface area contributed by atoms with Crippen molar-refractivity contribution in [2.24, 2.45) is 7.05 Å². The van der Waals surface area contributed by atoms with Gasteiger partial charge in [0.05, 0.1) is 0 Å². The second-order valence-corrected chi connectivity index (χ2v) is 11.4. The maximum absolute atomic E-state index is 2.48. The molecule has 0 unspecified atom stereocenters. The molecule has 1 aliphatic carbocycles. The van der Waals surface area contributed by atoms with Crippen LogP contribution in [-0.2, 0) is 23.3 Å². The van der Waals surface area contributed by atoms with Gasteiger partial charge >= 0.3 is 0 Å². The van der Waals surface area contributed by atoms with E-state index in [9.17, 15) is 0 Å². The van der Waals surface area contributed by atoms with Gasteiger partial charge in [0.15, 0.2) is 6.20 Å². The molecule has 0 amide bonds. The molecule has 1 nitrogen and oxygen atoms in total. The first-order valence-corrected chi connectivity index (χ1v) is 11.0. The molecule has 1 fully saturated rings. The molecule has 3 rings (SSSR count). The van der Waals surface area contributed by atoms with Crippen molar-refractivity contribution in [2.45, 2.75) is 97.3 Å². The van der Waals surface area contributed by atoms with Crippen LogP contribution in [0.15, 0.2) is 30.5 Å². The summed E-state index contributed by atoms with van der Waals surface area (Å²) in [5.41, 5.74) is 9.18. The lowest BCUT2D eigenvalue weighted by Gasteiger charge is -2.31. The largest absolute Gasteiger partial charge is 0.212 e. The van der Waals surface area contributed by atoms with Gasteiger partial charge in [-0.25, -0.2) is 4.57 Å². The third kappa shape index (κ3) is 3.91. The lowest BCUT2D eigenvalue weighted by molar-refractivity contribution is -0.661. The van der Waals surface area contributed by atoms with Crippen LogP contribution in [-0.4, -0.2) is 0 Å². The Morgan fingerprint density at radius 3 is 2.00 bits per heavy atom. The minimum absolute atomic E-state index is 0.142. The van der Waals surface area contributed by atoms with Gasteiger partial charge in [-0.3, -0.25) is 0 Å². The van der Waals surface area contributed by atoms with Crippen LogP contribution in [0.2, 0.25) is 0 Å². The highest BCUT2D eigenvalue weighted by Crippen LogP contribution is 2.44. The van der Waals surface area contributed by atoms with Crippen molar-refractivity contribution < 1.29 is 4.57 Å². The summed E-state index contributed by atoms with van der Waals surface area (Å²) >= 11 is 0. The van der Waals surface area contributed by atoms with Gasteiger partial charge in [-0.05, 0) is 58.8 Å². The third-order valence-electron chi connectivity index (χ3n) is 6.81. The summed E-state index contributed by atoms with van der Waals surface area (Å²) in [5, 5.41) is 0. The molecule has 28 heavy (non-hydrogen) atoms. The number of aromatic nitrogens is 1. The average molecular weight is 379 g/mol. The van der Waals surface area contributed by atoms with Crippen molar-refractivity contribution in [3.63, 3.8) is 0 Å². The molecule has 1 aromatic heterocycles. The van der Waals surface area contributed by atoms with E-state index in [2.05, 4.69) is 97.5 Å². The monoisotopic (exact) mass is 378 g/mol. The Bertz CT molecular complexity index is 868. The molecule has 0 spiro atoms. The number of benzene rings is 1. The maximum atomic E-state index is 2.48. The summed E-state index contributed by atoms with van der Waals surface area (Å²) in [7, 11) is 2.22. The molecule has 0 radical (unpaired) electrons. The Hall–Kier alpha value is -1.63. The van der Waals surface area contributed by atoms with Gasteiger partial charge in [0.1, 0.15) is 7.05 Å². The fourth-order valence-corrected chi connectivity index (χ4v) is 4.86. The van der Waals surface area contributed by atoms with Crippen molar-refractivity contribution in [2.75, 3.05) is 0 Å². The molecular weight excluding hydrogens is 338 g/mol. The normalized spacial score (nSPS) is 17.2. The average Bonchev–Trinajstić information content (AvgIpc) is 3.01. The predicted molar refractivity (Wildman–Crippen MR) is 121 cm³/mol. The molecule has 1 heterocycles. The van der Waals surface area contributed by atoms with Crippen LogP contribution >= 0.6 is 0 Å². The Kier molecular flexibility index (Phi) is 5.28. The minimum atomic E-state index is 0.142. The lowest BCUT2D eigenvalue weighted by Crippen LogP contribution is -2.37. The van der Waals surface area contributed by atoms with E-state index >= 15 is 0 Å². The van der Waals surface area contributed by atoms with Crippen LogP contribution in [0.4, 0.5) is 0 Å². The van der Waals surface area contributed by atoms with E-state index in [4.69, 9.17) is 0 Å². The van der Waals surface area contributed by atoms with Crippen molar-refractivity contribution in [3.05, 3.63) is 52.7 Å². The van der Waals surface area contributed by atoms with E-state index in [1.54, 1.807) is 5.56 Å².